The Morgan fingerprint density at radius 2 is 2.04 bits per heavy atom. The highest BCUT2D eigenvalue weighted by Crippen LogP contribution is 2.62. The van der Waals surface area contributed by atoms with E-state index in [1.807, 2.05) is 6.07 Å². The van der Waals surface area contributed by atoms with Crippen LogP contribution in [-0.2, 0) is 10.2 Å². The van der Waals surface area contributed by atoms with Crippen molar-refractivity contribution >= 4 is 12.0 Å². The summed E-state index contributed by atoms with van der Waals surface area (Å²) < 4.78 is 0. The van der Waals surface area contributed by atoms with E-state index in [1.165, 1.54) is 31.7 Å². The van der Waals surface area contributed by atoms with Gasteiger partial charge in [-0.15, -0.1) is 0 Å². The molecule has 1 aliphatic carbocycles. The molecule has 2 fully saturated rings. The first kappa shape index (κ1) is 16.1. The lowest BCUT2D eigenvalue weighted by molar-refractivity contribution is -0.384. The maximum Gasteiger partial charge on any atom is 0.269 e. The number of rotatable bonds is 8. The highest BCUT2D eigenvalue weighted by Gasteiger charge is 2.69. The lowest BCUT2D eigenvalue weighted by Crippen LogP contribution is -2.32. The Kier molecular flexibility index (Phi) is 4.48. The maximum atomic E-state index is 11.8. The summed E-state index contributed by atoms with van der Waals surface area (Å²) >= 11 is 0. The highest BCUT2D eigenvalue weighted by atomic mass is 16.6. The third kappa shape index (κ3) is 2.78. The second kappa shape index (κ2) is 6.40. The minimum atomic E-state index is -0.480. The van der Waals surface area contributed by atoms with Crippen LogP contribution in [0.5, 0.6) is 0 Å². The molecular formula is C18H24N2O3. The van der Waals surface area contributed by atoms with Crippen molar-refractivity contribution in [2.45, 2.75) is 38.0 Å². The van der Waals surface area contributed by atoms with Gasteiger partial charge in [0.1, 0.15) is 6.29 Å². The molecule has 0 amide bonds. The molecule has 0 radical (unpaired) electrons. The first-order valence-electron chi connectivity index (χ1n) is 8.57. The van der Waals surface area contributed by atoms with Crippen LogP contribution in [0.3, 0.4) is 0 Å². The van der Waals surface area contributed by atoms with Crippen LogP contribution in [0.25, 0.3) is 0 Å². The van der Waals surface area contributed by atoms with Crippen molar-refractivity contribution in [3.8, 4) is 0 Å². The zero-order valence-electron chi connectivity index (χ0n) is 13.6. The van der Waals surface area contributed by atoms with Crippen LogP contribution in [0.15, 0.2) is 24.3 Å². The van der Waals surface area contributed by atoms with Crippen molar-refractivity contribution in [1.82, 2.24) is 4.90 Å². The molecule has 1 heterocycles. The second-order valence-electron chi connectivity index (χ2n) is 6.89. The van der Waals surface area contributed by atoms with E-state index in [1.54, 1.807) is 12.1 Å². The lowest BCUT2D eigenvalue weighted by Gasteiger charge is -2.23. The van der Waals surface area contributed by atoms with E-state index >= 15 is 0 Å². The van der Waals surface area contributed by atoms with Gasteiger partial charge in [-0.3, -0.25) is 10.1 Å². The molecule has 2 unspecified atom stereocenters. The number of nitro groups is 1. The van der Waals surface area contributed by atoms with E-state index in [4.69, 9.17) is 0 Å². The van der Waals surface area contributed by atoms with Crippen LogP contribution < -0.4 is 0 Å². The minimum absolute atomic E-state index is 0.0742. The molecule has 1 saturated heterocycles. The van der Waals surface area contributed by atoms with E-state index in [-0.39, 0.29) is 10.6 Å². The van der Waals surface area contributed by atoms with Crippen LogP contribution in [0.1, 0.15) is 38.2 Å². The van der Waals surface area contributed by atoms with Crippen LogP contribution >= 0.6 is 0 Å². The predicted molar refractivity (Wildman–Crippen MR) is 88.4 cm³/mol. The Labute approximate surface area is 136 Å². The summed E-state index contributed by atoms with van der Waals surface area (Å²) in [5.74, 6) is 0.654. The molecular weight excluding hydrogens is 292 g/mol. The van der Waals surface area contributed by atoms with Crippen molar-refractivity contribution in [2.75, 3.05) is 19.6 Å². The number of nitro benzene ring substituents is 1. The smallest absolute Gasteiger partial charge is 0.269 e. The molecule has 2 atom stereocenters. The van der Waals surface area contributed by atoms with Gasteiger partial charge < -0.3 is 9.69 Å². The molecule has 1 aromatic carbocycles. The molecule has 5 heteroatoms. The minimum Gasteiger partial charge on any atom is -0.303 e. The molecule has 0 N–H and O–H groups in total. The van der Waals surface area contributed by atoms with E-state index < -0.39 is 5.41 Å². The molecule has 3 rings (SSSR count). The van der Waals surface area contributed by atoms with Crippen molar-refractivity contribution in [2.24, 2.45) is 11.8 Å². The van der Waals surface area contributed by atoms with E-state index in [0.29, 0.717) is 11.8 Å². The van der Waals surface area contributed by atoms with Gasteiger partial charge in [-0.1, -0.05) is 38.3 Å². The summed E-state index contributed by atoms with van der Waals surface area (Å²) in [5, 5.41) is 11.0. The number of benzene rings is 1. The van der Waals surface area contributed by atoms with Gasteiger partial charge in [0, 0.05) is 25.2 Å². The van der Waals surface area contributed by atoms with Gasteiger partial charge in [-0.2, -0.15) is 0 Å². The molecule has 1 saturated carbocycles. The summed E-state index contributed by atoms with van der Waals surface area (Å²) in [5.41, 5.74) is 0.416. The van der Waals surface area contributed by atoms with Gasteiger partial charge in [0.25, 0.3) is 5.69 Å². The fourth-order valence-corrected chi connectivity index (χ4v) is 4.26. The Morgan fingerprint density at radius 1 is 1.30 bits per heavy atom. The number of fused-ring (bicyclic) bond motifs is 1. The zero-order valence-corrected chi connectivity index (χ0v) is 13.6. The van der Waals surface area contributed by atoms with Gasteiger partial charge in [-0.05, 0) is 30.4 Å². The largest absolute Gasteiger partial charge is 0.303 e. The molecule has 0 bridgehead atoms. The topological polar surface area (TPSA) is 63.5 Å². The van der Waals surface area contributed by atoms with Gasteiger partial charge in [-0.25, -0.2) is 0 Å². The van der Waals surface area contributed by atoms with Crippen LogP contribution in [0, 0.1) is 22.0 Å². The summed E-state index contributed by atoms with van der Waals surface area (Å²) in [6.45, 7) is 5.20. The number of carbonyl (C=O) groups is 1. The third-order valence-corrected chi connectivity index (χ3v) is 5.59. The molecule has 0 aromatic heterocycles. The molecule has 1 aliphatic heterocycles. The third-order valence-electron chi connectivity index (χ3n) is 5.59. The summed E-state index contributed by atoms with van der Waals surface area (Å²) in [4.78, 5) is 24.8. The Balaban J connectivity index is 1.65. The van der Waals surface area contributed by atoms with E-state index in [2.05, 4.69) is 11.8 Å². The Morgan fingerprint density at radius 3 is 2.65 bits per heavy atom. The average Bonchev–Trinajstić information content (AvgIpc) is 2.95. The number of unbranched alkanes of at least 4 members (excludes halogenated alkanes) is 3. The Bertz CT molecular complexity index is 590. The Hall–Kier alpha value is -1.75. The standard InChI is InChI=1S/C18H24N2O3/c1-2-3-4-5-9-19-11-16-17(12-19)18(16,13-21)14-7-6-8-15(10-14)20(22)23/h6-8,10,13,16-17H,2-5,9,11-12H2,1H3. The van der Waals surface area contributed by atoms with Gasteiger partial charge in [0.15, 0.2) is 0 Å². The number of piperidine rings is 1. The SMILES string of the molecule is CCCCCCN1CC2C(C1)C2(C=O)c1cccc([N+](=O)[O-])c1. The number of likely N-dealkylation sites (tertiary alicyclic amines) is 1. The second-order valence-corrected chi connectivity index (χ2v) is 6.89. The van der Waals surface area contributed by atoms with Crippen LogP contribution in [0.4, 0.5) is 5.69 Å². The van der Waals surface area contributed by atoms with E-state index in [9.17, 15) is 14.9 Å². The van der Waals surface area contributed by atoms with Crippen LogP contribution in [-0.4, -0.2) is 35.7 Å². The lowest BCUT2D eigenvalue weighted by atomic mass is 9.91. The molecule has 5 nitrogen and oxygen atoms in total. The van der Waals surface area contributed by atoms with Crippen molar-refractivity contribution < 1.29 is 9.72 Å². The van der Waals surface area contributed by atoms with Crippen molar-refractivity contribution in [3.63, 3.8) is 0 Å². The fraction of sp³-hybridized carbons (Fsp3) is 0.611. The van der Waals surface area contributed by atoms with Crippen molar-refractivity contribution in [3.05, 3.63) is 39.9 Å². The first-order chi connectivity index (χ1) is 11.1. The number of hydrogen-bond acceptors (Lipinski definition) is 4. The summed E-state index contributed by atoms with van der Waals surface area (Å²) in [6.07, 6.45) is 6.05. The summed E-state index contributed by atoms with van der Waals surface area (Å²) in [6, 6.07) is 6.62. The number of nitrogens with zero attached hydrogens (tertiary/aromatic N) is 2. The molecule has 23 heavy (non-hydrogen) atoms. The average molecular weight is 316 g/mol. The first-order valence-corrected chi connectivity index (χ1v) is 8.57. The number of hydrogen-bond donors (Lipinski definition) is 0. The normalized spacial score (nSPS) is 29.3. The van der Waals surface area contributed by atoms with Crippen LogP contribution in [0.2, 0.25) is 0 Å². The fourth-order valence-electron chi connectivity index (χ4n) is 4.26. The monoisotopic (exact) mass is 316 g/mol. The number of aldehydes is 1. The predicted octanol–water partition coefficient (Wildman–Crippen LogP) is 3.17. The van der Waals surface area contributed by atoms with Gasteiger partial charge >= 0.3 is 0 Å². The summed E-state index contributed by atoms with van der Waals surface area (Å²) in [7, 11) is 0. The number of carbonyl (C=O) groups excluding carboxylic acids is 1. The van der Waals surface area contributed by atoms with Gasteiger partial charge in [0.2, 0.25) is 0 Å². The maximum absolute atomic E-state index is 11.8. The van der Waals surface area contributed by atoms with Crippen molar-refractivity contribution in [1.29, 1.82) is 0 Å². The molecule has 2 aliphatic rings. The molecule has 124 valence electrons. The molecule has 1 aromatic rings. The number of non-ortho nitro benzene ring substituents is 1. The quantitative estimate of drug-likeness (QED) is 0.320. The molecule has 0 spiro atoms. The van der Waals surface area contributed by atoms with Gasteiger partial charge in [0.05, 0.1) is 10.3 Å². The van der Waals surface area contributed by atoms with E-state index in [0.717, 1.165) is 31.5 Å². The highest BCUT2D eigenvalue weighted by molar-refractivity contribution is 5.77. The zero-order chi connectivity index (χ0) is 16.4.